The van der Waals surface area contributed by atoms with Crippen molar-refractivity contribution in [2.24, 2.45) is 5.73 Å². The van der Waals surface area contributed by atoms with E-state index in [1.807, 2.05) is 0 Å². The van der Waals surface area contributed by atoms with Crippen molar-refractivity contribution >= 4 is 17.5 Å². The molecule has 0 saturated heterocycles. The van der Waals surface area contributed by atoms with Gasteiger partial charge in [0.05, 0.1) is 6.54 Å². The minimum absolute atomic E-state index is 0.0706. The van der Waals surface area contributed by atoms with Gasteiger partial charge in [-0.2, -0.15) is 0 Å². The lowest BCUT2D eigenvalue weighted by atomic mass is 10.2. The molecule has 14 heavy (non-hydrogen) atoms. The van der Waals surface area contributed by atoms with Crippen LogP contribution in [0.3, 0.4) is 0 Å². The van der Waals surface area contributed by atoms with Gasteiger partial charge in [0.1, 0.15) is 5.82 Å². The molecule has 0 fully saturated rings. The molecule has 1 aromatic rings. The Hall–Kier alpha value is -1.13. The number of nitrogens with one attached hydrogen (secondary N) is 1. The number of halogens is 2. The standard InChI is InChI=1S/C9H10ClFN2O/c10-8-3-7(11)2-1-6(8)5-13-9(14)4-12/h1-3H,4-5,12H2,(H,13,14). The molecule has 0 heterocycles. The van der Waals surface area contributed by atoms with Gasteiger partial charge in [-0.3, -0.25) is 4.79 Å². The monoisotopic (exact) mass is 216 g/mol. The number of benzene rings is 1. The maximum absolute atomic E-state index is 12.6. The molecule has 1 aromatic carbocycles. The average Bonchev–Trinajstić information content (AvgIpc) is 2.16. The molecule has 3 N–H and O–H groups in total. The van der Waals surface area contributed by atoms with E-state index in [1.54, 1.807) is 0 Å². The lowest BCUT2D eigenvalue weighted by Crippen LogP contribution is -2.29. The van der Waals surface area contributed by atoms with Crippen molar-refractivity contribution in [3.05, 3.63) is 34.6 Å². The van der Waals surface area contributed by atoms with Gasteiger partial charge in [0.15, 0.2) is 0 Å². The summed E-state index contributed by atoms with van der Waals surface area (Å²) in [6, 6.07) is 4.01. The van der Waals surface area contributed by atoms with Crippen LogP contribution in [0.1, 0.15) is 5.56 Å². The predicted molar refractivity (Wildman–Crippen MR) is 52.3 cm³/mol. The van der Waals surface area contributed by atoms with Gasteiger partial charge < -0.3 is 11.1 Å². The maximum Gasteiger partial charge on any atom is 0.234 e. The van der Waals surface area contributed by atoms with E-state index in [4.69, 9.17) is 17.3 Å². The van der Waals surface area contributed by atoms with Gasteiger partial charge in [-0.05, 0) is 17.7 Å². The van der Waals surface area contributed by atoms with Gasteiger partial charge in [-0.15, -0.1) is 0 Å². The van der Waals surface area contributed by atoms with Crippen LogP contribution in [0.5, 0.6) is 0 Å². The third-order valence-corrected chi connectivity index (χ3v) is 2.03. The minimum atomic E-state index is -0.399. The van der Waals surface area contributed by atoms with Crippen LogP contribution in [0.15, 0.2) is 18.2 Å². The summed E-state index contributed by atoms with van der Waals surface area (Å²) in [6.45, 7) is 0.188. The second-order valence-corrected chi connectivity index (χ2v) is 3.12. The predicted octanol–water partition coefficient (Wildman–Crippen LogP) is 1.05. The van der Waals surface area contributed by atoms with Crippen LogP contribution in [0.4, 0.5) is 4.39 Å². The highest BCUT2D eigenvalue weighted by Crippen LogP contribution is 2.16. The van der Waals surface area contributed by atoms with Crippen molar-refractivity contribution in [1.82, 2.24) is 5.32 Å². The molecule has 0 bridgehead atoms. The second-order valence-electron chi connectivity index (χ2n) is 2.72. The zero-order chi connectivity index (χ0) is 10.6. The van der Waals surface area contributed by atoms with Crippen LogP contribution in [-0.4, -0.2) is 12.5 Å². The Morgan fingerprint density at radius 1 is 1.57 bits per heavy atom. The molecule has 0 atom stereocenters. The van der Waals surface area contributed by atoms with Crippen LogP contribution in [0, 0.1) is 5.82 Å². The van der Waals surface area contributed by atoms with Crippen molar-refractivity contribution in [2.75, 3.05) is 6.54 Å². The lowest BCUT2D eigenvalue weighted by Gasteiger charge is -2.05. The van der Waals surface area contributed by atoms with Gasteiger partial charge in [0, 0.05) is 11.6 Å². The number of rotatable bonds is 3. The molecular formula is C9H10ClFN2O. The summed E-state index contributed by atoms with van der Waals surface area (Å²) in [5, 5.41) is 2.83. The fourth-order valence-corrected chi connectivity index (χ4v) is 1.17. The summed E-state index contributed by atoms with van der Waals surface area (Å²) in [7, 11) is 0. The maximum atomic E-state index is 12.6. The van der Waals surface area contributed by atoms with Gasteiger partial charge in [-0.25, -0.2) is 4.39 Å². The first-order valence-corrected chi connectivity index (χ1v) is 4.42. The van der Waals surface area contributed by atoms with Crippen molar-refractivity contribution in [3.63, 3.8) is 0 Å². The Morgan fingerprint density at radius 2 is 2.29 bits per heavy atom. The van der Waals surface area contributed by atoms with Crippen molar-refractivity contribution < 1.29 is 9.18 Å². The molecule has 0 aliphatic rings. The largest absolute Gasteiger partial charge is 0.351 e. The Bertz CT molecular complexity index is 344. The molecule has 76 valence electrons. The highest BCUT2D eigenvalue weighted by Gasteiger charge is 2.03. The van der Waals surface area contributed by atoms with Crippen molar-refractivity contribution in [2.45, 2.75) is 6.54 Å². The molecule has 0 aliphatic carbocycles. The Morgan fingerprint density at radius 3 is 2.86 bits per heavy atom. The number of carbonyl (C=O) groups excluding carboxylic acids is 1. The van der Waals surface area contributed by atoms with E-state index in [9.17, 15) is 9.18 Å². The van der Waals surface area contributed by atoms with Gasteiger partial charge in [0.2, 0.25) is 5.91 Å². The summed E-state index contributed by atoms with van der Waals surface area (Å²) < 4.78 is 12.6. The minimum Gasteiger partial charge on any atom is -0.351 e. The van der Waals surface area contributed by atoms with E-state index in [0.717, 1.165) is 0 Å². The molecule has 0 aliphatic heterocycles. The summed E-state index contributed by atoms with van der Waals surface area (Å²) in [5.41, 5.74) is 5.76. The quantitative estimate of drug-likeness (QED) is 0.794. The lowest BCUT2D eigenvalue weighted by molar-refractivity contribution is -0.119. The SMILES string of the molecule is NCC(=O)NCc1ccc(F)cc1Cl. The second kappa shape index (κ2) is 4.93. The van der Waals surface area contributed by atoms with Crippen LogP contribution in [0.25, 0.3) is 0 Å². The van der Waals surface area contributed by atoms with Crippen molar-refractivity contribution in [3.8, 4) is 0 Å². The van der Waals surface area contributed by atoms with E-state index >= 15 is 0 Å². The molecular weight excluding hydrogens is 207 g/mol. The molecule has 0 spiro atoms. The molecule has 3 nitrogen and oxygen atoms in total. The molecule has 0 unspecified atom stereocenters. The van der Waals surface area contributed by atoms with Crippen molar-refractivity contribution in [1.29, 1.82) is 0 Å². The van der Waals surface area contributed by atoms with E-state index in [0.29, 0.717) is 10.6 Å². The summed E-state index contributed by atoms with van der Waals surface area (Å²) in [5.74, 6) is -0.672. The molecule has 0 radical (unpaired) electrons. The first-order chi connectivity index (χ1) is 6.63. The average molecular weight is 217 g/mol. The van der Waals surface area contributed by atoms with E-state index < -0.39 is 5.82 Å². The van der Waals surface area contributed by atoms with Crippen LogP contribution in [0.2, 0.25) is 5.02 Å². The smallest absolute Gasteiger partial charge is 0.234 e. The summed E-state index contributed by atoms with van der Waals surface area (Å²) in [6.07, 6.45) is 0. The Labute approximate surface area is 86.0 Å². The van der Waals surface area contributed by atoms with Gasteiger partial charge >= 0.3 is 0 Å². The fourth-order valence-electron chi connectivity index (χ4n) is 0.931. The third-order valence-electron chi connectivity index (χ3n) is 1.68. The highest BCUT2D eigenvalue weighted by molar-refractivity contribution is 6.31. The number of amides is 1. The van der Waals surface area contributed by atoms with E-state index in [-0.39, 0.29) is 19.0 Å². The zero-order valence-corrected chi connectivity index (χ0v) is 8.14. The number of nitrogens with two attached hydrogens (primary N) is 1. The molecule has 0 aromatic heterocycles. The molecule has 1 amide bonds. The van der Waals surface area contributed by atoms with Gasteiger partial charge in [0.25, 0.3) is 0 Å². The van der Waals surface area contributed by atoms with Crippen LogP contribution in [-0.2, 0) is 11.3 Å². The Kier molecular flexibility index (Phi) is 3.85. The third kappa shape index (κ3) is 2.97. The molecule has 0 saturated carbocycles. The summed E-state index contributed by atoms with van der Waals surface area (Å²) >= 11 is 5.73. The Balaban J connectivity index is 2.63. The summed E-state index contributed by atoms with van der Waals surface area (Å²) in [4.78, 5) is 10.8. The zero-order valence-electron chi connectivity index (χ0n) is 7.39. The van der Waals surface area contributed by atoms with E-state index in [2.05, 4.69) is 5.32 Å². The van der Waals surface area contributed by atoms with E-state index in [1.165, 1.54) is 18.2 Å². The van der Waals surface area contributed by atoms with Crippen LogP contribution >= 0.6 is 11.6 Å². The topological polar surface area (TPSA) is 55.1 Å². The molecule has 5 heteroatoms. The number of hydrogen-bond acceptors (Lipinski definition) is 2. The first kappa shape index (κ1) is 10.9. The number of hydrogen-bond donors (Lipinski definition) is 2. The highest BCUT2D eigenvalue weighted by atomic mass is 35.5. The first-order valence-electron chi connectivity index (χ1n) is 4.04. The number of carbonyl (C=O) groups is 1. The van der Waals surface area contributed by atoms with Gasteiger partial charge in [-0.1, -0.05) is 17.7 Å². The molecule has 1 rings (SSSR count). The van der Waals surface area contributed by atoms with Crippen LogP contribution < -0.4 is 11.1 Å². The fraction of sp³-hybridized carbons (Fsp3) is 0.222. The normalized spacial score (nSPS) is 9.93.